The van der Waals surface area contributed by atoms with Gasteiger partial charge in [-0.1, -0.05) is 6.92 Å². The summed E-state index contributed by atoms with van der Waals surface area (Å²) >= 11 is 0. The maximum Gasteiger partial charge on any atom is 0.238 e. The molecule has 0 aromatic carbocycles. The molecule has 0 unspecified atom stereocenters. The molecule has 0 bridgehead atoms. The fourth-order valence-corrected chi connectivity index (χ4v) is 1.50. The van der Waals surface area contributed by atoms with E-state index in [9.17, 15) is 4.79 Å². The van der Waals surface area contributed by atoms with Gasteiger partial charge in [0, 0.05) is 12.6 Å². The van der Waals surface area contributed by atoms with Crippen molar-refractivity contribution in [3.63, 3.8) is 0 Å². The molecule has 0 N–H and O–H groups in total. The van der Waals surface area contributed by atoms with Crippen LogP contribution in [0.5, 0.6) is 5.88 Å². The summed E-state index contributed by atoms with van der Waals surface area (Å²) in [6.07, 6.45) is 2.17. The predicted octanol–water partition coefficient (Wildman–Crippen LogP) is 1.22. The number of ether oxygens (including phenoxy) is 1. The highest BCUT2D eigenvalue weighted by Crippen LogP contribution is 2.28. The summed E-state index contributed by atoms with van der Waals surface area (Å²) in [6, 6.07) is 3.67. The first-order valence-corrected chi connectivity index (χ1v) is 4.71. The lowest BCUT2D eigenvalue weighted by Gasteiger charge is -2.28. The van der Waals surface area contributed by atoms with Crippen molar-refractivity contribution in [1.29, 1.82) is 0 Å². The number of amides is 1. The minimum Gasteiger partial charge on any atom is -0.474 e. The van der Waals surface area contributed by atoms with Crippen molar-refractivity contribution in [3.8, 4) is 5.88 Å². The molecule has 0 spiro atoms. The van der Waals surface area contributed by atoms with Crippen LogP contribution in [0, 0.1) is 0 Å². The Bertz CT molecular complexity index is 352. The second-order valence-corrected chi connectivity index (χ2v) is 3.08. The van der Waals surface area contributed by atoms with Crippen molar-refractivity contribution in [2.45, 2.75) is 13.3 Å². The number of carbonyl (C=O) groups is 1. The maximum atomic E-state index is 11.6. The molecular formula is C10H12N2O2. The second-order valence-electron chi connectivity index (χ2n) is 3.08. The number of hydrogen-bond donors (Lipinski definition) is 0. The molecule has 74 valence electrons. The van der Waals surface area contributed by atoms with Crippen molar-refractivity contribution in [1.82, 2.24) is 4.98 Å². The van der Waals surface area contributed by atoms with Gasteiger partial charge >= 0.3 is 0 Å². The average Bonchev–Trinajstić information content (AvgIpc) is 2.27. The van der Waals surface area contributed by atoms with Gasteiger partial charge in [-0.25, -0.2) is 4.98 Å². The topological polar surface area (TPSA) is 42.4 Å². The van der Waals surface area contributed by atoms with Gasteiger partial charge in [0.05, 0.1) is 6.54 Å². The van der Waals surface area contributed by atoms with Crippen LogP contribution < -0.4 is 9.64 Å². The molecule has 0 saturated carbocycles. The molecule has 0 radical (unpaired) electrons. The minimum atomic E-state index is 0.113. The van der Waals surface area contributed by atoms with Gasteiger partial charge in [0.15, 0.2) is 0 Å². The lowest BCUT2D eigenvalue weighted by Crippen LogP contribution is -2.37. The van der Waals surface area contributed by atoms with E-state index in [4.69, 9.17) is 4.74 Å². The van der Waals surface area contributed by atoms with Gasteiger partial charge in [0.25, 0.3) is 0 Å². The number of pyridine rings is 1. The molecule has 0 aliphatic carbocycles. The fraction of sp³-hybridized carbons (Fsp3) is 0.400. The smallest absolute Gasteiger partial charge is 0.238 e. The van der Waals surface area contributed by atoms with Gasteiger partial charge in [0.2, 0.25) is 11.8 Å². The van der Waals surface area contributed by atoms with E-state index >= 15 is 0 Å². The van der Waals surface area contributed by atoms with Crippen LogP contribution in [-0.2, 0) is 4.79 Å². The van der Waals surface area contributed by atoms with E-state index in [0.717, 1.165) is 5.69 Å². The number of anilines is 1. The Balaban J connectivity index is 2.35. The van der Waals surface area contributed by atoms with Crippen LogP contribution in [0.1, 0.15) is 13.3 Å². The van der Waals surface area contributed by atoms with Crippen molar-refractivity contribution in [2.75, 3.05) is 18.1 Å². The van der Waals surface area contributed by atoms with E-state index in [-0.39, 0.29) is 5.91 Å². The largest absolute Gasteiger partial charge is 0.474 e. The molecular weight excluding hydrogens is 180 g/mol. The standard InChI is InChI=1S/C10H12N2O2/c1-2-9(13)12-6-7-14-10-8(12)4-3-5-11-10/h3-5H,2,6-7H2,1H3. The summed E-state index contributed by atoms with van der Waals surface area (Å²) in [7, 11) is 0. The van der Waals surface area contributed by atoms with E-state index in [0.29, 0.717) is 25.5 Å². The summed E-state index contributed by atoms with van der Waals surface area (Å²) < 4.78 is 5.34. The molecule has 4 heteroatoms. The molecule has 1 aromatic rings. The van der Waals surface area contributed by atoms with Crippen molar-refractivity contribution in [3.05, 3.63) is 18.3 Å². The zero-order valence-electron chi connectivity index (χ0n) is 8.06. The Labute approximate surface area is 82.5 Å². The highest BCUT2D eigenvalue weighted by molar-refractivity contribution is 5.94. The van der Waals surface area contributed by atoms with Crippen LogP contribution >= 0.6 is 0 Å². The Morgan fingerprint density at radius 3 is 3.36 bits per heavy atom. The molecule has 1 aliphatic rings. The number of aromatic nitrogens is 1. The molecule has 0 atom stereocenters. The molecule has 1 amide bonds. The van der Waals surface area contributed by atoms with Crippen LogP contribution in [0.2, 0.25) is 0 Å². The van der Waals surface area contributed by atoms with Crippen LogP contribution in [-0.4, -0.2) is 24.0 Å². The van der Waals surface area contributed by atoms with Gasteiger partial charge in [-0.05, 0) is 12.1 Å². The summed E-state index contributed by atoms with van der Waals surface area (Å²) in [5.74, 6) is 0.670. The zero-order chi connectivity index (χ0) is 9.97. The Kier molecular flexibility index (Phi) is 2.35. The lowest BCUT2D eigenvalue weighted by atomic mass is 10.3. The van der Waals surface area contributed by atoms with E-state index in [1.165, 1.54) is 0 Å². The SMILES string of the molecule is CCC(=O)N1CCOc2ncccc21. The van der Waals surface area contributed by atoms with Crippen molar-refractivity contribution >= 4 is 11.6 Å². The van der Waals surface area contributed by atoms with Crippen LogP contribution in [0.15, 0.2) is 18.3 Å². The third kappa shape index (κ3) is 1.43. The number of nitrogens with zero attached hydrogens (tertiary/aromatic N) is 2. The quantitative estimate of drug-likeness (QED) is 0.671. The van der Waals surface area contributed by atoms with Gasteiger partial charge < -0.3 is 9.64 Å². The summed E-state index contributed by atoms with van der Waals surface area (Å²) in [5, 5.41) is 0. The summed E-state index contributed by atoms with van der Waals surface area (Å²) in [6.45, 7) is 2.99. The van der Waals surface area contributed by atoms with Crippen LogP contribution in [0.25, 0.3) is 0 Å². The van der Waals surface area contributed by atoms with Gasteiger partial charge in [0.1, 0.15) is 12.3 Å². The summed E-state index contributed by atoms with van der Waals surface area (Å²) in [4.78, 5) is 17.4. The lowest BCUT2D eigenvalue weighted by molar-refractivity contribution is -0.118. The first-order valence-electron chi connectivity index (χ1n) is 4.71. The molecule has 2 heterocycles. The predicted molar refractivity (Wildman–Crippen MR) is 52.4 cm³/mol. The highest BCUT2D eigenvalue weighted by atomic mass is 16.5. The average molecular weight is 192 g/mol. The first-order chi connectivity index (χ1) is 6.83. The minimum absolute atomic E-state index is 0.113. The molecule has 2 rings (SSSR count). The van der Waals surface area contributed by atoms with E-state index < -0.39 is 0 Å². The fourth-order valence-electron chi connectivity index (χ4n) is 1.50. The molecule has 4 nitrogen and oxygen atoms in total. The van der Waals surface area contributed by atoms with Crippen LogP contribution in [0.3, 0.4) is 0 Å². The van der Waals surface area contributed by atoms with E-state index in [1.54, 1.807) is 11.1 Å². The Hall–Kier alpha value is -1.58. The maximum absolute atomic E-state index is 11.6. The van der Waals surface area contributed by atoms with Crippen LogP contribution in [0.4, 0.5) is 5.69 Å². The molecule has 0 saturated heterocycles. The first kappa shape index (κ1) is 8.99. The third-order valence-corrected chi connectivity index (χ3v) is 2.20. The Morgan fingerprint density at radius 1 is 1.71 bits per heavy atom. The normalized spacial score (nSPS) is 14.5. The summed E-state index contributed by atoms with van der Waals surface area (Å²) in [5.41, 5.74) is 0.783. The molecule has 14 heavy (non-hydrogen) atoms. The third-order valence-electron chi connectivity index (χ3n) is 2.20. The van der Waals surface area contributed by atoms with E-state index in [1.807, 2.05) is 19.1 Å². The monoisotopic (exact) mass is 192 g/mol. The number of hydrogen-bond acceptors (Lipinski definition) is 3. The number of fused-ring (bicyclic) bond motifs is 1. The number of rotatable bonds is 1. The molecule has 1 aromatic heterocycles. The molecule has 1 aliphatic heterocycles. The molecule has 0 fully saturated rings. The number of carbonyl (C=O) groups excluding carboxylic acids is 1. The van der Waals surface area contributed by atoms with Gasteiger partial charge in [-0.15, -0.1) is 0 Å². The highest BCUT2D eigenvalue weighted by Gasteiger charge is 2.22. The van der Waals surface area contributed by atoms with Gasteiger partial charge in [-0.2, -0.15) is 0 Å². The Morgan fingerprint density at radius 2 is 2.57 bits per heavy atom. The van der Waals surface area contributed by atoms with E-state index in [2.05, 4.69) is 4.98 Å². The van der Waals surface area contributed by atoms with Crippen molar-refractivity contribution < 1.29 is 9.53 Å². The second kappa shape index (κ2) is 3.65. The zero-order valence-corrected chi connectivity index (χ0v) is 8.06. The van der Waals surface area contributed by atoms with Gasteiger partial charge in [-0.3, -0.25) is 4.79 Å². The van der Waals surface area contributed by atoms with Crippen molar-refractivity contribution in [2.24, 2.45) is 0 Å².